The van der Waals surface area contributed by atoms with Crippen LogP contribution in [0.3, 0.4) is 0 Å². The molecule has 0 amide bonds. The molecule has 0 saturated heterocycles. The molecule has 100 valence electrons. The van der Waals surface area contributed by atoms with Crippen molar-refractivity contribution in [2.45, 2.75) is 11.8 Å². The third-order valence-electron chi connectivity index (χ3n) is 2.79. The van der Waals surface area contributed by atoms with Gasteiger partial charge in [0.05, 0.1) is 4.83 Å². The predicted molar refractivity (Wildman–Crippen MR) is 73.3 cm³/mol. The van der Waals surface area contributed by atoms with Crippen molar-refractivity contribution in [3.05, 3.63) is 69.5 Å². The molecule has 19 heavy (non-hydrogen) atoms. The Balaban J connectivity index is 2.46. The largest absolute Gasteiger partial charge is 0.207 e. The van der Waals surface area contributed by atoms with Crippen molar-refractivity contribution in [2.24, 2.45) is 0 Å². The molecule has 0 bridgehead atoms. The molecule has 0 radical (unpaired) electrons. The Morgan fingerprint density at radius 3 is 2.32 bits per heavy atom. The predicted octanol–water partition coefficient (Wildman–Crippen LogP) is 5.55. The summed E-state index contributed by atoms with van der Waals surface area (Å²) in [5.41, 5.74) is 1.55. The van der Waals surface area contributed by atoms with Crippen molar-refractivity contribution < 1.29 is 13.2 Å². The lowest BCUT2D eigenvalue weighted by atomic mass is 10.0. The van der Waals surface area contributed by atoms with Crippen LogP contribution >= 0.6 is 27.5 Å². The standard InChI is InChI=1S/C14H9BrClF3/c1-7-4-9(10(16)6-12(7)18)14(15)8-2-3-11(17)13(19)5-8/h2-6,14H,1H3. The quantitative estimate of drug-likeness (QED) is 0.624. The van der Waals surface area contributed by atoms with Crippen LogP contribution in [0.1, 0.15) is 21.5 Å². The van der Waals surface area contributed by atoms with Crippen LogP contribution in [-0.4, -0.2) is 0 Å². The molecule has 2 rings (SSSR count). The Morgan fingerprint density at radius 1 is 1.00 bits per heavy atom. The van der Waals surface area contributed by atoms with Crippen LogP contribution in [0.5, 0.6) is 0 Å². The topological polar surface area (TPSA) is 0 Å². The van der Waals surface area contributed by atoms with E-state index in [9.17, 15) is 13.2 Å². The van der Waals surface area contributed by atoms with Crippen molar-refractivity contribution >= 4 is 27.5 Å². The van der Waals surface area contributed by atoms with Gasteiger partial charge in [0, 0.05) is 5.02 Å². The highest BCUT2D eigenvalue weighted by molar-refractivity contribution is 9.09. The first kappa shape index (κ1) is 14.4. The third kappa shape index (κ3) is 2.95. The SMILES string of the molecule is Cc1cc(C(Br)c2ccc(F)c(F)c2)c(Cl)cc1F. The molecule has 0 nitrogen and oxygen atoms in total. The van der Waals surface area contributed by atoms with Gasteiger partial charge in [0.25, 0.3) is 0 Å². The van der Waals surface area contributed by atoms with E-state index in [1.165, 1.54) is 12.1 Å². The number of hydrogen-bond acceptors (Lipinski definition) is 0. The molecule has 1 unspecified atom stereocenters. The van der Waals surface area contributed by atoms with E-state index in [1.54, 1.807) is 13.0 Å². The summed E-state index contributed by atoms with van der Waals surface area (Å²) in [7, 11) is 0. The van der Waals surface area contributed by atoms with Crippen LogP contribution in [0, 0.1) is 24.4 Å². The zero-order valence-electron chi connectivity index (χ0n) is 9.85. The molecule has 0 aliphatic heterocycles. The first-order valence-electron chi connectivity index (χ1n) is 5.44. The molecule has 0 fully saturated rings. The average molecular weight is 350 g/mol. The van der Waals surface area contributed by atoms with Gasteiger partial charge in [0.1, 0.15) is 5.82 Å². The Kier molecular flexibility index (Phi) is 4.21. The summed E-state index contributed by atoms with van der Waals surface area (Å²) in [6, 6.07) is 6.37. The zero-order valence-corrected chi connectivity index (χ0v) is 12.2. The molecule has 0 heterocycles. The second kappa shape index (κ2) is 5.55. The van der Waals surface area contributed by atoms with E-state index in [-0.39, 0.29) is 5.02 Å². The summed E-state index contributed by atoms with van der Waals surface area (Å²) < 4.78 is 39.4. The minimum atomic E-state index is -0.933. The van der Waals surface area contributed by atoms with Crippen molar-refractivity contribution in [2.75, 3.05) is 0 Å². The summed E-state index contributed by atoms with van der Waals surface area (Å²) in [6.45, 7) is 1.61. The lowest BCUT2D eigenvalue weighted by Gasteiger charge is -2.14. The average Bonchev–Trinajstić information content (AvgIpc) is 2.36. The summed E-state index contributed by atoms with van der Waals surface area (Å²) >= 11 is 9.35. The van der Waals surface area contributed by atoms with E-state index < -0.39 is 22.3 Å². The summed E-state index contributed by atoms with van der Waals surface area (Å²) in [6.07, 6.45) is 0. The second-order valence-corrected chi connectivity index (χ2v) is 5.48. The van der Waals surface area contributed by atoms with Crippen molar-refractivity contribution in [3.63, 3.8) is 0 Å². The molecule has 0 aliphatic rings. The highest BCUT2D eigenvalue weighted by Gasteiger charge is 2.17. The maximum Gasteiger partial charge on any atom is 0.159 e. The van der Waals surface area contributed by atoms with Gasteiger partial charge < -0.3 is 0 Å². The normalized spacial score (nSPS) is 12.5. The van der Waals surface area contributed by atoms with E-state index in [0.29, 0.717) is 16.7 Å². The molecule has 2 aromatic rings. The fourth-order valence-corrected chi connectivity index (χ4v) is 2.78. The highest BCUT2D eigenvalue weighted by atomic mass is 79.9. The molecular formula is C14H9BrClF3. The first-order chi connectivity index (χ1) is 8.90. The van der Waals surface area contributed by atoms with Gasteiger partial charge in [-0.05, 0) is 41.8 Å². The van der Waals surface area contributed by atoms with Gasteiger partial charge in [0.2, 0.25) is 0 Å². The van der Waals surface area contributed by atoms with E-state index in [1.807, 2.05) is 0 Å². The van der Waals surface area contributed by atoms with Gasteiger partial charge in [-0.3, -0.25) is 0 Å². The first-order valence-corrected chi connectivity index (χ1v) is 6.74. The van der Waals surface area contributed by atoms with Crippen molar-refractivity contribution in [3.8, 4) is 0 Å². The number of halogens is 5. The van der Waals surface area contributed by atoms with Crippen LogP contribution in [0.25, 0.3) is 0 Å². The maximum atomic E-state index is 13.3. The second-order valence-electron chi connectivity index (χ2n) is 4.16. The van der Waals surface area contributed by atoms with E-state index >= 15 is 0 Å². The lowest BCUT2D eigenvalue weighted by molar-refractivity contribution is 0.507. The molecular weight excluding hydrogens is 341 g/mol. The Hall–Kier alpha value is -1.00. The number of benzene rings is 2. The van der Waals surface area contributed by atoms with Gasteiger partial charge in [0.15, 0.2) is 11.6 Å². The smallest absolute Gasteiger partial charge is 0.159 e. The highest BCUT2D eigenvalue weighted by Crippen LogP contribution is 2.36. The molecule has 0 spiro atoms. The molecule has 2 aromatic carbocycles. The number of aryl methyl sites for hydroxylation is 1. The molecule has 5 heteroatoms. The van der Waals surface area contributed by atoms with Gasteiger partial charge in [-0.15, -0.1) is 0 Å². The number of alkyl halides is 1. The van der Waals surface area contributed by atoms with Crippen LogP contribution in [-0.2, 0) is 0 Å². The minimum Gasteiger partial charge on any atom is -0.207 e. The van der Waals surface area contributed by atoms with Crippen LogP contribution in [0.15, 0.2) is 30.3 Å². The Labute approximate surface area is 122 Å². The minimum absolute atomic E-state index is 0.231. The monoisotopic (exact) mass is 348 g/mol. The van der Waals surface area contributed by atoms with Crippen LogP contribution in [0.2, 0.25) is 5.02 Å². The third-order valence-corrected chi connectivity index (χ3v) is 4.14. The van der Waals surface area contributed by atoms with Crippen LogP contribution in [0.4, 0.5) is 13.2 Å². The summed E-state index contributed by atoms with van der Waals surface area (Å²) in [5, 5.41) is 0.231. The number of rotatable bonds is 2. The molecule has 0 N–H and O–H groups in total. The number of hydrogen-bond donors (Lipinski definition) is 0. The van der Waals surface area contributed by atoms with E-state index in [0.717, 1.165) is 12.1 Å². The Bertz CT molecular complexity index is 628. The summed E-state index contributed by atoms with van der Waals surface area (Å²) in [4.78, 5) is -0.436. The molecule has 0 aliphatic carbocycles. The zero-order chi connectivity index (χ0) is 14.2. The maximum absolute atomic E-state index is 13.3. The fraction of sp³-hybridized carbons (Fsp3) is 0.143. The van der Waals surface area contributed by atoms with E-state index in [4.69, 9.17) is 11.6 Å². The van der Waals surface area contributed by atoms with Gasteiger partial charge in [-0.2, -0.15) is 0 Å². The summed E-state index contributed by atoms with van der Waals surface area (Å²) in [5.74, 6) is -2.25. The molecule has 1 atom stereocenters. The molecule has 0 saturated carbocycles. The van der Waals surface area contributed by atoms with Crippen LogP contribution < -0.4 is 0 Å². The molecule has 0 aromatic heterocycles. The van der Waals surface area contributed by atoms with E-state index in [2.05, 4.69) is 15.9 Å². The fourth-order valence-electron chi connectivity index (χ4n) is 1.72. The lowest BCUT2D eigenvalue weighted by Crippen LogP contribution is -1.98. The van der Waals surface area contributed by atoms with Gasteiger partial charge in [-0.25, -0.2) is 13.2 Å². The van der Waals surface area contributed by atoms with Crippen molar-refractivity contribution in [1.82, 2.24) is 0 Å². The van der Waals surface area contributed by atoms with Gasteiger partial charge in [-0.1, -0.05) is 39.7 Å². The van der Waals surface area contributed by atoms with Crippen molar-refractivity contribution in [1.29, 1.82) is 0 Å². The van der Waals surface area contributed by atoms with Gasteiger partial charge >= 0.3 is 0 Å². The Morgan fingerprint density at radius 2 is 1.68 bits per heavy atom.